The van der Waals surface area contributed by atoms with Crippen molar-refractivity contribution in [1.29, 1.82) is 0 Å². The highest BCUT2D eigenvalue weighted by atomic mass is 35.5. The van der Waals surface area contributed by atoms with E-state index in [0.717, 1.165) is 0 Å². The van der Waals surface area contributed by atoms with E-state index in [2.05, 4.69) is 5.32 Å². The van der Waals surface area contributed by atoms with Gasteiger partial charge in [-0.3, -0.25) is 4.79 Å². The van der Waals surface area contributed by atoms with Crippen molar-refractivity contribution in [2.75, 3.05) is 17.1 Å². The van der Waals surface area contributed by atoms with E-state index in [9.17, 15) is 15.0 Å². The predicted molar refractivity (Wildman–Crippen MR) is 72.1 cm³/mol. The van der Waals surface area contributed by atoms with E-state index < -0.39 is 12.2 Å². The molecule has 0 aromatic heterocycles. The molecule has 0 aliphatic rings. The lowest BCUT2D eigenvalue weighted by molar-refractivity contribution is -0.115. The number of alkyl halides is 2. The average Bonchev–Trinajstić information content (AvgIpc) is 2.38. The summed E-state index contributed by atoms with van der Waals surface area (Å²) in [7, 11) is 0. The smallest absolute Gasteiger partial charge is 0.225 e. The van der Waals surface area contributed by atoms with E-state index in [0.29, 0.717) is 11.3 Å². The first-order valence-electron chi connectivity index (χ1n) is 5.46. The van der Waals surface area contributed by atoms with Crippen LogP contribution in [-0.2, 0) is 4.79 Å². The fourth-order valence-electron chi connectivity index (χ4n) is 1.38. The molecule has 3 N–H and O–H groups in total. The summed E-state index contributed by atoms with van der Waals surface area (Å²) in [6.07, 6.45) is -1.80. The molecule has 6 heteroatoms. The molecule has 2 atom stereocenters. The summed E-state index contributed by atoms with van der Waals surface area (Å²) in [5, 5.41) is 21.8. The molecular weight excluding hydrogens is 277 g/mol. The van der Waals surface area contributed by atoms with Gasteiger partial charge in [0, 0.05) is 18.0 Å². The van der Waals surface area contributed by atoms with Gasteiger partial charge in [0.1, 0.15) is 6.10 Å². The van der Waals surface area contributed by atoms with Crippen molar-refractivity contribution in [3.8, 4) is 0 Å². The standard InChI is InChI=1S/C12H15Cl2NO3/c13-6-5-11(17)15-9-3-1-8(2-4-9)12(18)10(16)7-14/h1-4,10,12,16,18H,5-7H2,(H,15,17). The molecule has 0 heterocycles. The molecule has 0 radical (unpaired) electrons. The minimum absolute atomic E-state index is 0.0463. The minimum Gasteiger partial charge on any atom is -0.389 e. The van der Waals surface area contributed by atoms with Gasteiger partial charge in [0.15, 0.2) is 0 Å². The third-order valence-electron chi connectivity index (χ3n) is 2.38. The van der Waals surface area contributed by atoms with Crippen LogP contribution in [-0.4, -0.2) is 34.0 Å². The molecular formula is C12H15Cl2NO3. The summed E-state index contributed by atoms with van der Waals surface area (Å²) in [5.41, 5.74) is 1.15. The number of nitrogens with one attached hydrogen (secondary N) is 1. The molecule has 0 fully saturated rings. The molecule has 100 valence electrons. The Bertz CT molecular complexity index is 383. The number of carbonyl (C=O) groups is 1. The summed E-state index contributed by atoms with van der Waals surface area (Å²) < 4.78 is 0. The second-order valence-electron chi connectivity index (χ2n) is 3.78. The van der Waals surface area contributed by atoms with Crippen LogP contribution in [0.4, 0.5) is 5.69 Å². The maximum atomic E-state index is 11.3. The highest BCUT2D eigenvalue weighted by molar-refractivity contribution is 6.19. The lowest BCUT2D eigenvalue weighted by Gasteiger charge is -2.16. The molecule has 0 bridgehead atoms. The van der Waals surface area contributed by atoms with Crippen LogP contribution in [0.5, 0.6) is 0 Å². The van der Waals surface area contributed by atoms with Crippen molar-refractivity contribution in [2.24, 2.45) is 0 Å². The Morgan fingerprint density at radius 1 is 1.22 bits per heavy atom. The van der Waals surface area contributed by atoms with E-state index in [1.165, 1.54) is 0 Å². The maximum Gasteiger partial charge on any atom is 0.225 e. The van der Waals surface area contributed by atoms with Crippen LogP contribution in [0, 0.1) is 0 Å². The van der Waals surface area contributed by atoms with E-state index in [-0.39, 0.29) is 24.1 Å². The maximum absolute atomic E-state index is 11.3. The van der Waals surface area contributed by atoms with Gasteiger partial charge in [-0.2, -0.15) is 0 Å². The molecule has 1 amide bonds. The fraction of sp³-hybridized carbons (Fsp3) is 0.417. The highest BCUT2D eigenvalue weighted by Gasteiger charge is 2.16. The van der Waals surface area contributed by atoms with Gasteiger partial charge in [0.2, 0.25) is 5.91 Å². The summed E-state index contributed by atoms with van der Waals surface area (Å²) in [6, 6.07) is 6.53. The van der Waals surface area contributed by atoms with Crippen molar-refractivity contribution in [1.82, 2.24) is 0 Å². The van der Waals surface area contributed by atoms with Gasteiger partial charge in [0.25, 0.3) is 0 Å². The van der Waals surface area contributed by atoms with E-state index in [1.54, 1.807) is 24.3 Å². The molecule has 0 spiro atoms. The molecule has 18 heavy (non-hydrogen) atoms. The van der Waals surface area contributed by atoms with Gasteiger partial charge in [-0.05, 0) is 17.7 Å². The number of halogens is 2. The number of aliphatic hydroxyl groups is 2. The van der Waals surface area contributed by atoms with Crippen molar-refractivity contribution >= 4 is 34.8 Å². The number of aliphatic hydroxyl groups excluding tert-OH is 2. The van der Waals surface area contributed by atoms with Gasteiger partial charge < -0.3 is 15.5 Å². The Morgan fingerprint density at radius 3 is 2.33 bits per heavy atom. The fourth-order valence-corrected chi connectivity index (χ4v) is 1.72. The molecule has 0 aliphatic heterocycles. The number of carbonyl (C=O) groups excluding carboxylic acids is 1. The first kappa shape index (κ1) is 15.2. The van der Waals surface area contributed by atoms with Crippen LogP contribution in [0.2, 0.25) is 0 Å². The van der Waals surface area contributed by atoms with E-state index in [4.69, 9.17) is 23.2 Å². The first-order chi connectivity index (χ1) is 8.58. The SMILES string of the molecule is O=C(CCCl)Nc1ccc(C(O)C(O)CCl)cc1. The Hall–Kier alpha value is -0.810. The van der Waals surface area contributed by atoms with E-state index in [1.807, 2.05) is 0 Å². The zero-order valence-electron chi connectivity index (χ0n) is 9.64. The molecule has 1 rings (SSSR count). The van der Waals surface area contributed by atoms with Crippen molar-refractivity contribution in [3.63, 3.8) is 0 Å². The number of benzene rings is 1. The second-order valence-corrected chi connectivity index (χ2v) is 4.46. The quantitative estimate of drug-likeness (QED) is 0.701. The summed E-state index contributed by atoms with van der Waals surface area (Å²) in [6.45, 7) is 0. The van der Waals surface area contributed by atoms with Crippen molar-refractivity contribution in [3.05, 3.63) is 29.8 Å². The summed E-state index contributed by atoms with van der Waals surface area (Å²) in [4.78, 5) is 11.3. The van der Waals surface area contributed by atoms with Crippen LogP contribution in [0.15, 0.2) is 24.3 Å². The van der Waals surface area contributed by atoms with Gasteiger partial charge in [-0.25, -0.2) is 0 Å². The summed E-state index contributed by atoms with van der Waals surface area (Å²) >= 11 is 10.9. The average molecular weight is 292 g/mol. The number of rotatable bonds is 6. The molecule has 0 saturated heterocycles. The zero-order valence-corrected chi connectivity index (χ0v) is 11.2. The van der Waals surface area contributed by atoms with E-state index >= 15 is 0 Å². The van der Waals surface area contributed by atoms with Crippen LogP contribution in [0.25, 0.3) is 0 Å². The highest BCUT2D eigenvalue weighted by Crippen LogP contribution is 2.20. The molecule has 0 aliphatic carbocycles. The van der Waals surface area contributed by atoms with Crippen LogP contribution >= 0.6 is 23.2 Å². The van der Waals surface area contributed by atoms with Crippen molar-refractivity contribution in [2.45, 2.75) is 18.6 Å². The van der Waals surface area contributed by atoms with Crippen LogP contribution < -0.4 is 5.32 Å². The topological polar surface area (TPSA) is 69.6 Å². The number of hydrogen-bond acceptors (Lipinski definition) is 3. The van der Waals surface area contributed by atoms with Crippen LogP contribution in [0.3, 0.4) is 0 Å². The lowest BCUT2D eigenvalue weighted by Crippen LogP contribution is -2.19. The second kappa shape index (κ2) is 7.59. The Morgan fingerprint density at radius 2 is 1.83 bits per heavy atom. The third-order valence-corrected chi connectivity index (χ3v) is 2.89. The zero-order chi connectivity index (χ0) is 13.5. The van der Waals surface area contributed by atoms with Crippen LogP contribution in [0.1, 0.15) is 18.1 Å². The van der Waals surface area contributed by atoms with Crippen molar-refractivity contribution < 1.29 is 15.0 Å². The van der Waals surface area contributed by atoms with Gasteiger partial charge in [-0.1, -0.05) is 12.1 Å². The number of anilines is 1. The summed E-state index contributed by atoms with van der Waals surface area (Å²) in [5.74, 6) is 0.0546. The number of hydrogen-bond donors (Lipinski definition) is 3. The Kier molecular flexibility index (Phi) is 6.43. The largest absolute Gasteiger partial charge is 0.389 e. The monoisotopic (exact) mass is 291 g/mol. The van der Waals surface area contributed by atoms with Gasteiger partial charge in [0.05, 0.1) is 12.0 Å². The molecule has 2 unspecified atom stereocenters. The first-order valence-corrected chi connectivity index (χ1v) is 6.53. The lowest BCUT2D eigenvalue weighted by atomic mass is 10.1. The normalized spacial score (nSPS) is 14.0. The molecule has 1 aromatic carbocycles. The Labute approximate surface area is 116 Å². The molecule has 0 saturated carbocycles. The molecule has 4 nitrogen and oxygen atoms in total. The van der Waals surface area contributed by atoms with Gasteiger partial charge in [-0.15, -0.1) is 23.2 Å². The molecule has 1 aromatic rings. The number of amides is 1. The predicted octanol–water partition coefficient (Wildman–Crippen LogP) is 1.89. The minimum atomic E-state index is -1.03. The van der Waals surface area contributed by atoms with Gasteiger partial charge >= 0.3 is 0 Å². The third kappa shape index (κ3) is 4.46. The Balaban J connectivity index is 2.65.